The van der Waals surface area contributed by atoms with E-state index in [4.69, 9.17) is 5.41 Å². The molecule has 2 N–H and O–H groups in total. The molecule has 3 nitrogen and oxygen atoms in total. The number of aromatic nitrogens is 1. The van der Waals surface area contributed by atoms with Crippen LogP contribution in [0.5, 0.6) is 0 Å². The van der Waals surface area contributed by atoms with Crippen molar-refractivity contribution in [3.05, 3.63) is 36.0 Å². The molecule has 0 amide bonds. The number of ketones is 1. The lowest BCUT2D eigenvalue weighted by Crippen LogP contribution is -2.28. The van der Waals surface area contributed by atoms with Gasteiger partial charge in [-0.1, -0.05) is 26.7 Å². The van der Waals surface area contributed by atoms with Crippen molar-refractivity contribution in [1.29, 1.82) is 5.41 Å². The van der Waals surface area contributed by atoms with Crippen molar-refractivity contribution in [3.8, 4) is 0 Å². The van der Waals surface area contributed by atoms with Crippen LogP contribution in [-0.4, -0.2) is 17.0 Å². The first-order valence-electron chi connectivity index (χ1n) is 7.21. The molecule has 0 spiro atoms. The SMILES string of the molecule is CCCC[C@@](C)(CC=N)C(=O)c1ccc2[nH]ccc2c1. The van der Waals surface area contributed by atoms with Gasteiger partial charge in [-0.3, -0.25) is 4.79 Å². The maximum Gasteiger partial charge on any atom is 0.169 e. The van der Waals surface area contributed by atoms with Crippen molar-refractivity contribution in [2.45, 2.75) is 39.5 Å². The standard InChI is InChI=1S/C17H22N2O/c1-3-4-8-17(2,9-10-18)16(20)14-5-6-15-13(12-14)7-11-19-15/h5-7,10-12,18-19H,3-4,8-9H2,1-2H3/t17-/m0/s1. The summed E-state index contributed by atoms with van der Waals surface area (Å²) in [5, 5.41) is 8.43. The Bertz CT molecular complexity index is 614. The first kappa shape index (κ1) is 14.5. The zero-order chi connectivity index (χ0) is 14.6. The van der Waals surface area contributed by atoms with E-state index in [1.54, 1.807) is 0 Å². The number of benzene rings is 1. The summed E-state index contributed by atoms with van der Waals surface area (Å²) in [5.74, 6) is 0.151. The van der Waals surface area contributed by atoms with Gasteiger partial charge in [0.2, 0.25) is 0 Å². The molecule has 0 fully saturated rings. The predicted molar refractivity (Wildman–Crippen MR) is 83.7 cm³/mol. The number of nitrogens with one attached hydrogen (secondary N) is 2. The number of hydrogen-bond acceptors (Lipinski definition) is 2. The van der Waals surface area contributed by atoms with E-state index in [1.165, 1.54) is 6.21 Å². The Morgan fingerprint density at radius 1 is 1.40 bits per heavy atom. The van der Waals surface area contributed by atoms with Gasteiger partial charge in [-0.15, -0.1) is 0 Å². The van der Waals surface area contributed by atoms with E-state index in [1.807, 2.05) is 37.4 Å². The molecule has 1 atom stereocenters. The fourth-order valence-electron chi connectivity index (χ4n) is 2.64. The van der Waals surface area contributed by atoms with Gasteiger partial charge in [-0.25, -0.2) is 0 Å². The molecule has 2 rings (SSSR count). The van der Waals surface area contributed by atoms with Gasteiger partial charge in [0.05, 0.1) is 0 Å². The largest absolute Gasteiger partial charge is 0.361 e. The highest BCUT2D eigenvalue weighted by Gasteiger charge is 2.32. The van der Waals surface area contributed by atoms with Gasteiger partial charge in [0.15, 0.2) is 5.78 Å². The van der Waals surface area contributed by atoms with Gasteiger partial charge < -0.3 is 10.4 Å². The summed E-state index contributed by atoms with van der Waals surface area (Å²) < 4.78 is 0. The molecule has 1 aromatic carbocycles. The molecule has 2 aromatic rings. The van der Waals surface area contributed by atoms with E-state index >= 15 is 0 Å². The highest BCUT2D eigenvalue weighted by Crippen LogP contribution is 2.32. The first-order valence-corrected chi connectivity index (χ1v) is 7.21. The fourth-order valence-corrected chi connectivity index (χ4v) is 2.64. The van der Waals surface area contributed by atoms with Gasteiger partial charge in [0, 0.05) is 28.1 Å². The second kappa shape index (κ2) is 6.04. The molecule has 3 heteroatoms. The third kappa shape index (κ3) is 2.82. The normalized spacial score (nSPS) is 14.1. The zero-order valence-electron chi connectivity index (χ0n) is 12.2. The summed E-state index contributed by atoms with van der Waals surface area (Å²) in [6, 6.07) is 7.76. The average Bonchev–Trinajstić information content (AvgIpc) is 2.92. The van der Waals surface area contributed by atoms with E-state index in [9.17, 15) is 4.79 Å². The second-order valence-corrected chi connectivity index (χ2v) is 5.68. The molecule has 0 saturated heterocycles. The lowest BCUT2D eigenvalue weighted by atomic mass is 9.75. The molecule has 0 radical (unpaired) electrons. The summed E-state index contributed by atoms with van der Waals surface area (Å²) in [7, 11) is 0. The van der Waals surface area contributed by atoms with Crippen molar-refractivity contribution >= 4 is 22.9 Å². The van der Waals surface area contributed by atoms with Crippen LogP contribution in [0.4, 0.5) is 0 Å². The van der Waals surface area contributed by atoms with Crippen LogP contribution in [-0.2, 0) is 0 Å². The van der Waals surface area contributed by atoms with Crippen LogP contribution >= 0.6 is 0 Å². The van der Waals surface area contributed by atoms with Crippen LogP contribution in [0, 0.1) is 10.8 Å². The number of carbonyl (C=O) groups is 1. The third-order valence-corrected chi connectivity index (χ3v) is 4.00. The summed E-state index contributed by atoms with van der Waals surface area (Å²) in [6.07, 6.45) is 6.68. The van der Waals surface area contributed by atoms with Crippen LogP contribution in [0.3, 0.4) is 0 Å². The number of unbranched alkanes of at least 4 members (excludes halogenated alkanes) is 1. The molecule has 0 aliphatic heterocycles. The molecule has 0 unspecified atom stereocenters. The number of fused-ring (bicyclic) bond motifs is 1. The Kier molecular flexibility index (Phi) is 4.38. The van der Waals surface area contributed by atoms with Crippen LogP contribution in [0.15, 0.2) is 30.5 Å². The molecule has 1 heterocycles. The number of rotatable bonds is 7. The lowest BCUT2D eigenvalue weighted by Gasteiger charge is -2.26. The average molecular weight is 270 g/mol. The van der Waals surface area contributed by atoms with E-state index in [0.29, 0.717) is 6.42 Å². The summed E-state index contributed by atoms with van der Waals surface area (Å²) in [5.41, 5.74) is 1.34. The van der Waals surface area contributed by atoms with Crippen LogP contribution < -0.4 is 0 Å². The molecule has 1 aromatic heterocycles. The van der Waals surface area contributed by atoms with E-state index < -0.39 is 5.41 Å². The molecule has 0 bridgehead atoms. The highest BCUT2D eigenvalue weighted by atomic mass is 16.1. The van der Waals surface area contributed by atoms with Crippen molar-refractivity contribution in [2.24, 2.45) is 5.41 Å². The van der Waals surface area contributed by atoms with Gasteiger partial charge in [-0.2, -0.15) is 0 Å². The summed E-state index contributed by atoms with van der Waals surface area (Å²) in [4.78, 5) is 16.0. The Hall–Kier alpha value is -1.90. The van der Waals surface area contributed by atoms with Crippen molar-refractivity contribution in [2.75, 3.05) is 0 Å². The second-order valence-electron chi connectivity index (χ2n) is 5.68. The zero-order valence-corrected chi connectivity index (χ0v) is 12.2. The smallest absolute Gasteiger partial charge is 0.169 e. The number of carbonyl (C=O) groups excluding carboxylic acids is 1. The number of aromatic amines is 1. The number of hydrogen-bond donors (Lipinski definition) is 2. The van der Waals surface area contributed by atoms with E-state index in [2.05, 4.69) is 11.9 Å². The molecular weight excluding hydrogens is 248 g/mol. The summed E-state index contributed by atoms with van der Waals surface area (Å²) in [6.45, 7) is 4.11. The molecule has 0 saturated carbocycles. The number of H-pyrrole nitrogens is 1. The van der Waals surface area contributed by atoms with Crippen molar-refractivity contribution in [3.63, 3.8) is 0 Å². The van der Waals surface area contributed by atoms with E-state index in [-0.39, 0.29) is 5.78 Å². The van der Waals surface area contributed by atoms with Crippen LogP contribution in [0.25, 0.3) is 10.9 Å². The Morgan fingerprint density at radius 3 is 2.90 bits per heavy atom. The Labute approximate surface area is 119 Å². The van der Waals surface area contributed by atoms with Gasteiger partial charge in [0.25, 0.3) is 0 Å². The van der Waals surface area contributed by atoms with Crippen molar-refractivity contribution < 1.29 is 4.79 Å². The lowest BCUT2D eigenvalue weighted by molar-refractivity contribution is 0.0809. The molecule has 0 aliphatic carbocycles. The third-order valence-electron chi connectivity index (χ3n) is 4.00. The van der Waals surface area contributed by atoms with Crippen molar-refractivity contribution in [1.82, 2.24) is 4.98 Å². The van der Waals surface area contributed by atoms with Crippen LogP contribution in [0.1, 0.15) is 49.9 Å². The monoisotopic (exact) mass is 270 g/mol. The summed E-state index contributed by atoms with van der Waals surface area (Å²) >= 11 is 0. The minimum atomic E-state index is -0.457. The Balaban J connectivity index is 2.32. The fraction of sp³-hybridized carbons (Fsp3) is 0.412. The van der Waals surface area contributed by atoms with Crippen LogP contribution in [0.2, 0.25) is 0 Å². The highest BCUT2D eigenvalue weighted by molar-refractivity contribution is 6.03. The Morgan fingerprint density at radius 2 is 2.20 bits per heavy atom. The topological polar surface area (TPSA) is 56.7 Å². The van der Waals surface area contributed by atoms with Gasteiger partial charge in [-0.05, 0) is 43.3 Å². The molecular formula is C17H22N2O. The molecule has 0 aliphatic rings. The maximum atomic E-state index is 12.8. The minimum Gasteiger partial charge on any atom is -0.361 e. The number of Topliss-reactive ketones (excluding diaryl/α,β-unsaturated/α-hetero) is 1. The van der Waals surface area contributed by atoms with E-state index in [0.717, 1.165) is 35.7 Å². The first-order chi connectivity index (χ1) is 9.60. The van der Waals surface area contributed by atoms with Gasteiger partial charge in [0.1, 0.15) is 0 Å². The molecule has 106 valence electrons. The minimum absolute atomic E-state index is 0.151. The maximum absolute atomic E-state index is 12.8. The molecule has 20 heavy (non-hydrogen) atoms. The quantitative estimate of drug-likeness (QED) is 0.561. The van der Waals surface area contributed by atoms with Gasteiger partial charge >= 0.3 is 0 Å². The predicted octanol–water partition coefficient (Wildman–Crippen LogP) is 4.59.